The molecule has 0 radical (unpaired) electrons. The normalized spacial score (nSPS) is 12.4. The number of hydrogen-bond acceptors (Lipinski definition) is 2. The van der Waals surface area contributed by atoms with Gasteiger partial charge in [0, 0.05) is 17.9 Å². The molecule has 1 aromatic heterocycles. The summed E-state index contributed by atoms with van der Waals surface area (Å²) in [6.07, 6.45) is 2.14. The molecule has 2 rings (SSSR count). The van der Waals surface area contributed by atoms with Gasteiger partial charge in [-0.1, -0.05) is 19.1 Å². The van der Waals surface area contributed by atoms with Gasteiger partial charge in [-0.25, -0.2) is 8.78 Å². The molecule has 0 fully saturated rings. The molecule has 20 heavy (non-hydrogen) atoms. The molecule has 1 atom stereocenters. The predicted octanol–water partition coefficient (Wildman–Crippen LogP) is 3.56. The average molecular weight is 276 g/mol. The summed E-state index contributed by atoms with van der Waals surface area (Å²) in [4.78, 5) is 4.16. The van der Waals surface area contributed by atoms with Crippen LogP contribution in [0.3, 0.4) is 0 Å². The van der Waals surface area contributed by atoms with E-state index in [1.54, 1.807) is 12.3 Å². The van der Waals surface area contributed by atoms with Crippen LogP contribution in [0.2, 0.25) is 0 Å². The highest BCUT2D eigenvalue weighted by Crippen LogP contribution is 2.21. The maximum absolute atomic E-state index is 13.8. The van der Waals surface area contributed by atoms with Gasteiger partial charge in [0.2, 0.25) is 0 Å². The molecule has 0 saturated carbocycles. The highest BCUT2D eigenvalue weighted by atomic mass is 19.2. The Hall–Kier alpha value is -1.81. The predicted molar refractivity (Wildman–Crippen MR) is 75.5 cm³/mol. The van der Waals surface area contributed by atoms with Crippen molar-refractivity contribution in [2.24, 2.45) is 0 Å². The Kier molecular flexibility index (Phi) is 4.79. The Morgan fingerprint density at radius 3 is 2.75 bits per heavy atom. The first-order valence-electron chi connectivity index (χ1n) is 6.70. The van der Waals surface area contributed by atoms with E-state index in [1.165, 1.54) is 6.07 Å². The van der Waals surface area contributed by atoms with E-state index in [0.29, 0.717) is 12.0 Å². The van der Waals surface area contributed by atoms with Crippen LogP contribution in [0.15, 0.2) is 36.5 Å². The molecule has 0 spiro atoms. The van der Waals surface area contributed by atoms with E-state index < -0.39 is 11.6 Å². The summed E-state index contributed by atoms with van der Waals surface area (Å²) in [5, 5.41) is 3.30. The summed E-state index contributed by atoms with van der Waals surface area (Å²) < 4.78 is 27.1. The number of nitrogens with zero attached hydrogens (tertiary/aromatic N) is 1. The SMILES string of the molecule is CCNC(Cc1cccc(F)c1F)c1ccnc(C)c1. The second-order valence-electron chi connectivity index (χ2n) is 4.76. The largest absolute Gasteiger partial charge is 0.310 e. The highest BCUT2D eigenvalue weighted by Gasteiger charge is 2.15. The molecule has 2 nitrogen and oxygen atoms in total. The van der Waals surface area contributed by atoms with E-state index in [4.69, 9.17) is 0 Å². The van der Waals surface area contributed by atoms with E-state index in [-0.39, 0.29) is 6.04 Å². The molecule has 0 aliphatic carbocycles. The van der Waals surface area contributed by atoms with E-state index in [9.17, 15) is 8.78 Å². The fraction of sp³-hybridized carbons (Fsp3) is 0.312. The van der Waals surface area contributed by atoms with Crippen molar-refractivity contribution < 1.29 is 8.78 Å². The van der Waals surface area contributed by atoms with E-state index in [0.717, 1.165) is 23.9 Å². The van der Waals surface area contributed by atoms with Crippen LogP contribution < -0.4 is 5.32 Å². The van der Waals surface area contributed by atoms with E-state index >= 15 is 0 Å². The third-order valence-corrected chi connectivity index (χ3v) is 3.23. The number of hydrogen-bond donors (Lipinski definition) is 1. The van der Waals surface area contributed by atoms with Gasteiger partial charge < -0.3 is 5.32 Å². The second kappa shape index (κ2) is 6.57. The van der Waals surface area contributed by atoms with Crippen LogP contribution in [0.4, 0.5) is 8.78 Å². The first-order valence-corrected chi connectivity index (χ1v) is 6.70. The Morgan fingerprint density at radius 2 is 2.05 bits per heavy atom. The Balaban J connectivity index is 2.28. The van der Waals surface area contributed by atoms with Crippen LogP contribution >= 0.6 is 0 Å². The number of aryl methyl sites for hydroxylation is 1. The molecular weight excluding hydrogens is 258 g/mol. The zero-order chi connectivity index (χ0) is 14.5. The van der Waals surface area contributed by atoms with Gasteiger partial charge in [0.25, 0.3) is 0 Å². The van der Waals surface area contributed by atoms with Gasteiger partial charge in [0.1, 0.15) is 0 Å². The standard InChI is InChI=1S/C16H18F2N2/c1-3-19-15(12-7-8-20-11(2)9-12)10-13-5-4-6-14(17)16(13)18/h4-9,15,19H,3,10H2,1-2H3. The summed E-state index contributed by atoms with van der Waals surface area (Å²) in [6.45, 7) is 4.65. The van der Waals surface area contributed by atoms with Crippen molar-refractivity contribution in [2.75, 3.05) is 6.54 Å². The minimum Gasteiger partial charge on any atom is -0.310 e. The monoisotopic (exact) mass is 276 g/mol. The summed E-state index contributed by atoms with van der Waals surface area (Å²) in [6, 6.07) is 8.10. The third-order valence-electron chi connectivity index (χ3n) is 3.23. The molecule has 0 saturated heterocycles. The number of likely N-dealkylation sites (N-methyl/N-ethyl adjacent to an activating group) is 1. The van der Waals surface area contributed by atoms with Gasteiger partial charge in [-0.15, -0.1) is 0 Å². The molecule has 0 bridgehead atoms. The summed E-state index contributed by atoms with van der Waals surface area (Å²) in [7, 11) is 0. The van der Waals surface area contributed by atoms with Crippen LogP contribution in [-0.4, -0.2) is 11.5 Å². The molecule has 1 heterocycles. The van der Waals surface area contributed by atoms with Crippen molar-refractivity contribution in [3.8, 4) is 0 Å². The van der Waals surface area contributed by atoms with Gasteiger partial charge in [0.05, 0.1) is 0 Å². The smallest absolute Gasteiger partial charge is 0.162 e. The fourth-order valence-electron chi connectivity index (χ4n) is 2.26. The number of aromatic nitrogens is 1. The highest BCUT2D eigenvalue weighted by molar-refractivity contribution is 5.25. The Morgan fingerprint density at radius 1 is 1.25 bits per heavy atom. The first-order chi connectivity index (χ1) is 9.61. The quantitative estimate of drug-likeness (QED) is 0.903. The molecule has 1 N–H and O–H groups in total. The molecule has 0 aliphatic heterocycles. The Labute approximate surface area is 117 Å². The fourth-order valence-corrected chi connectivity index (χ4v) is 2.26. The molecular formula is C16H18F2N2. The van der Waals surface area contributed by atoms with Crippen molar-refractivity contribution in [3.63, 3.8) is 0 Å². The Bertz CT molecular complexity index is 584. The lowest BCUT2D eigenvalue weighted by atomic mass is 9.98. The molecule has 1 unspecified atom stereocenters. The number of pyridine rings is 1. The maximum Gasteiger partial charge on any atom is 0.162 e. The first kappa shape index (κ1) is 14.6. The van der Waals surface area contributed by atoms with Crippen molar-refractivity contribution in [1.29, 1.82) is 0 Å². The minimum atomic E-state index is -0.802. The van der Waals surface area contributed by atoms with E-state index in [1.807, 2.05) is 26.0 Å². The zero-order valence-electron chi connectivity index (χ0n) is 11.7. The molecule has 0 amide bonds. The van der Waals surface area contributed by atoms with Gasteiger partial charge in [-0.3, -0.25) is 4.98 Å². The molecule has 106 valence electrons. The number of benzene rings is 1. The lowest BCUT2D eigenvalue weighted by Gasteiger charge is -2.19. The molecule has 4 heteroatoms. The van der Waals surface area contributed by atoms with E-state index in [2.05, 4.69) is 10.3 Å². The number of halogens is 2. The topological polar surface area (TPSA) is 24.9 Å². The summed E-state index contributed by atoms with van der Waals surface area (Å²) in [5.74, 6) is -1.56. The maximum atomic E-state index is 13.8. The zero-order valence-corrected chi connectivity index (χ0v) is 11.7. The van der Waals surface area contributed by atoms with Crippen LogP contribution in [0.1, 0.15) is 29.8 Å². The van der Waals surface area contributed by atoms with Crippen molar-refractivity contribution in [2.45, 2.75) is 26.3 Å². The molecule has 2 aromatic rings. The van der Waals surface area contributed by atoms with Crippen molar-refractivity contribution in [3.05, 3.63) is 65.0 Å². The van der Waals surface area contributed by atoms with Crippen LogP contribution in [0.5, 0.6) is 0 Å². The van der Waals surface area contributed by atoms with Gasteiger partial charge in [-0.05, 0) is 49.2 Å². The summed E-state index contributed by atoms with van der Waals surface area (Å²) in [5.41, 5.74) is 2.32. The van der Waals surface area contributed by atoms with Gasteiger partial charge >= 0.3 is 0 Å². The average Bonchev–Trinajstić information content (AvgIpc) is 2.43. The molecule has 1 aromatic carbocycles. The van der Waals surface area contributed by atoms with Crippen molar-refractivity contribution >= 4 is 0 Å². The van der Waals surface area contributed by atoms with Crippen LogP contribution in [0.25, 0.3) is 0 Å². The van der Waals surface area contributed by atoms with Gasteiger partial charge in [-0.2, -0.15) is 0 Å². The summed E-state index contributed by atoms with van der Waals surface area (Å²) >= 11 is 0. The van der Waals surface area contributed by atoms with Gasteiger partial charge in [0.15, 0.2) is 11.6 Å². The van der Waals surface area contributed by atoms with Crippen molar-refractivity contribution in [1.82, 2.24) is 10.3 Å². The lowest BCUT2D eigenvalue weighted by molar-refractivity contribution is 0.481. The number of rotatable bonds is 5. The number of nitrogens with one attached hydrogen (secondary N) is 1. The van der Waals surface area contributed by atoms with Crippen LogP contribution in [0, 0.1) is 18.6 Å². The third kappa shape index (κ3) is 3.39. The molecule has 0 aliphatic rings. The van der Waals surface area contributed by atoms with Crippen LogP contribution in [-0.2, 0) is 6.42 Å². The lowest BCUT2D eigenvalue weighted by Crippen LogP contribution is -2.23. The minimum absolute atomic E-state index is 0.0574. The second-order valence-corrected chi connectivity index (χ2v) is 4.76.